The van der Waals surface area contributed by atoms with Gasteiger partial charge in [-0.2, -0.15) is 26.3 Å². The van der Waals surface area contributed by atoms with Crippen molar-refractivity contribution in [1.82, 2.24) is 0 Å². The molecule has 3 aromatic carbocycles. The summed E-state index contributed by atoms with van der Waals surface area (Å²) in [6.07, 6.45) is -13.0. The zero-order chi connectivity index (χ0) is 43.8. The van der Waals surface area contributed by atoms with Gasteiger partial charge >= 0.3 is 12.4 Å². The van der Waals surface area contributed by atoms with E-state index in [9.17, 15) is 63.0 Å². The van der Waals surface area contributed by atoms with E-state index in [-0.39, 0.29) is 18.2 Å². The van der Waals surface area contributed by atoms with Crippen molar-refractivity contribution in [3.05, 3.63) is 68.3 Å². The Labute approximate surface area is 324 Å². The van der Waals surface area contributed by atoms with Crippen molar-refractivity contribution in [2.24, 2.45) is 23.7 Å². The first-order chi connectivity index (χ1) is 26.0. The number of alkyl halides is 6. The van der Waals surface area contributed by atoms with Gasteiger partial charge in [0, 0.05) is 42.7 Å². The molecular formula is C41H46F6O10. The second kappa shape index (κ2) is 17.1. The van der Waals surface area contributed by atoms with Crippen LogP contribution in [0.1, 0.15) is 156 Å². The Kier molecular flexibility index (Phi) is 13.8. The summed E-state index contributed by atoms with van der Waals surface area (Å²) in [5.74, 6) is -17.9. The van der Waals surface area contributed by atoms with Crippen molar-refractivity contribution in [2.45, 2.75) is 99.3 Å². The van der Waals surface area contributed by atoms with Crippen LogP contribution < -0.4 is 0 Å². The average Bonchev–Trinajstić information content (AvgIpc) is 3.01. The van der Waals surface area contributed by atoms with E-state index < -0.39 is 175 Å². The van der Waals surface area contributed by atoms with Gasteiger partial charge in [-0.05, 0) is 41.4 Å². The van der Waals surface area contributed by atoms with Crippen molar-refractivity contribution in [3.8, 4) is 34.5 Å². The Hall–Kier alpha value is -5.28. The molecule has 0 spiro atoms. The third-order valence-electron chi connectivity index (χ3n) is 8.98. The second-order valence-electron chi connectivity index (χ2n) is 15.7. The lowest BCUT2D eigenvalue weighted by molar-refractivity contribution is -0.143. The molecule has 0 saturated heterocycles. The van der Waals surface area contributed by atoms with Crippen molar-refractivity contribution >= 4 is 23.1 Å². The maximum Gasteiger partial charge on any atom is 0.416 e. The van der Waals surface area contributed by atoms with Crippen LogP contribution in [0.5, 0.6) is 34.5 Å². The summed E-state index contributed by atoms with van der Waals surface area (Å²) >= 11 is 0. The molecule has 0 heterocycles. The fraction of sp³-hybridized carbons (Fsp3) is 0.463. The number of phenolic OH excluding ortho intramolecular Hbond substituents is 6. The number of carbonyl (C=O) groups is 4. The number of aromatic hydroxyl groups is 6. The third-order valence-corrected chi connectivity index (χ3v) is 8.98. The minimum atomic E-state index is -5.72. The molecule has 0 aliphatic rings. The predicted molar refractivity (Wildman–Crippen MR) is 195 cm³/mol. The molecule has 0 amide bonds. The monoisotopic (exact) mass is 812 g/mol. The van der Waals surface area contributed by atoms with Crippen LogP contribution in [-0.4, -0.2) is 53.8 Å². The maximum atomic E-state index is 15.0. The largest absolute Gasteiger partial charge is 0.507 e. The number of hydrogen-bond acceptors (Lipinski definition) is 10. The zero-order valence-electron chi connectivity index (χ0n) is 32.5. The molecule has 0 aliphatic carbocycles. The van der Waals surface area contributed by atoms with Crippen molar-refractivity contribution in [1.29, 1.82) is 0 Å². The van der Waals surface area contributed by atoms with E-state index in [1.54, 1.807) is 0 Å². The standard InChI is InChI=1S/C41H46F6O10/c1-16(2)11-23(48)28-34(52)29(24(49)12-17(3)4)37(55)32(36(28)54)27(21-10-9-20(40(42,43)44)15-22(21)41(45,46)47)33-38(56)30(25(50)13-18(5)6)35(53)31(39(33)57)26(51)14-19(7)8/h9-10,15-19,27,52-57H,11-14H2,1-8H3. The number of phenols is 6. The number of halogens is 6. The molecule has 0 fully saturated rings. The summed E-state index contributed by atoms with van der Waals surface area (Å²) in [5, 5.41) is 70.1. The third kappa shape index (κ3) is 9.65. The number of Topliss-reactive ketones (excluding diaryl/α,β-unsaturated/α-hetero) is 4. The van der Waals surface area contributed by atoms with Gasteiger partial charge in [0.15, 0.2) is 23.1 Å². The van der Waals surface area contributed by atoms with Crippen LogP contribution >= 0.6 is 0 Å². The predicted octanol–water partition coefficient (Wildman–Crippen LogP) is 10.1. The van der Waals surface area contributed by atoms with E-state index in [1.807, 2.05) is 0 Å². The van der Waals surface area contributed by atoms with Crippen LogP contribution in [0.4, 0.5) is 26.3 Å². The van der Waals surface area contributed by atoms with Gasteiger partial charge in [-0.3, -0.25) is 19.2 Å². The molecule has 0 radical (unpaired) electrons. The number of benzene rings is 3. The number of carbonyl (C=O) groups excluding carboxylic acids is 4. The highest BCUT2D eigenvalue weighted by Crippen LogP contribution is 2.57. The molecule has 10 nitrogen and oxygen atoms in total. The van der Waals surface area contributed by atoms with Crippen molar-refractivity contribution in [2.75, 3.05) is 0 Å². The Morgan fingerprint density at radius 3 is 0.982 bits per heavy atom. The van der Waals surface area contributed by atoms with Gasteiger partial charge < -0.3 is 30.6 Å². The first kappa shape index (κ1) is 46.1. The quantitative estimate of drug-likeness (QED) is 0.0489. The van der Waals surface area contributed by atoms with Gasteiger partial charge in [0.2, 0.25) is 0 Å². The van der Waals surface area contributed by atoms with E-state index in [4.69, 9.17) is 0 Å². The molecule has 0 bridgehead atoms. The van der Waals surface area contributed by atoms with E-state index in [0.29, 0.717) is 0 Å². The molecule has 0 aromatic heterocycles. The summed E-state index contributed by atoms with van der Waals surface area (Å²) < 4.78 is 86.9. The molecule has 3 aromatic rings. The van der Waals surface area contributed by atoms with Gasteiger partial charge in [0.1, 0.15) is 56.8 Å². The number of hydrogen-bond donors (Lipinski definition) is 6. The Morgan fingerprint density at radius 2 is 0.754 bits per heavy atom. The zero-order valence-corrected chi connectivity index (χ0v) is 32.5. The summed E-state index contributed by atoms with van der Waals surface area (Å²) in [4.78, 5) is 54.7. The average molecular weight is 813 g/mol. The molecule has 0 atom stereocenters. The molecule has 6 N–H and O–H groups in total. The Morgan fingerprint density at radius 1 is 0.474 bits per heavy atom. The lowest BCUT2D eigenvalue weighted by Gasteiger charge is -2.29. The normalized spacial score (nSPS) is 12.4. The lowest BCUT2D eigenvalue weighted by Crippen LogP contribution is -2.20. The Balaban J connectivity index is 2.90. The van der Waals surface area contributed by atoms with E-state index in [1.165, 1.54) is 55.4 Å². The fourth-order valence-electron chi connectivity index (χ4n) is 6.64. The topological polar surface area (TPSA) is 190 Å². The maximum absolute atomic E-state index is 15.0. The Bertz CT molecular complexity index is 1870. The SMILES string of the molecule is CC(C)CC(=O)c1c(O)c(C(=O)CC(C)C)c(O)c(C(c2ccc(C(F)(F)F)cc2C(F)(F)F)c2c(O)c(C(=O)CC(C)C)c(O)c(C(=O)CC(C)C)c2O)c1O. The molecule has 0 saturated carbocycles. The molecular weight excluding hydrogens is 766 g/mol. The molecule has 3 rings (SSSR count). The minimum absolute atomic E-state index is 0.173. The minimum Gasteiger partial charge on any atom is -0.507 e. The first-order valence-corrected chi connectivity index (χ1v) is 18.1. The fourth-order valence-corrected chi connectivity index (χ4v) is 6.64. The molecule has 312 valence electrons. The summed E-state index contributed by atoms with van der Waals surface area (Å²) in [6.45, 7) is 12.3. The highest BCUT2D eigenvalue weighted by atomic mass is 19.4. The van der Waals surface area contributed by atoms with Gasteiger partial charge in [-0.1, -0.05) is 61.5 Å². The van der Waals surface area contributed by atoms with Gasteiger partial charge in [-0.25, -0.2) is 0 Å². The van der Waals surface area contributed by atoms with Crippen LogP contribution in [0.3, 0.4) is 0 Å². The lowest BCUT2D eigenvalue weighted by atomic mass is 9.76. The highest BCUT2D eigenvalue weighted by molar-refractivity contribution is 6.11. The van der Waals surface area contributed by atoms with E-state index in [0.717, 1.165) is 0 Å². The van der Waals surface area contributed by atoms with Crippen molar-refractivity contribution < 1.29 is 76.2 Å². The highest BCUT2D eigenvalue weighted by Gasteiger charge is 2.45. The van der Waals surface area contributed by atoms with Crippen LogP contribution in [0.15, 0.2) is 18.2 Å². The van der Waals surface area contributed by atoms with E-state index in [2.05, 4.69) is 0 Å². The van der Waals surface area contributed by atoms with Gasteiger partial charge in [0.05, 0.1) is 11.1 Å². The number of rotatable bonds is 15. The van der Waals surface area contributed by atoms with Crippen LogP contribution in [0.2, 0.25) is 0 Å². The molecule has 57 heavy (non-hydrogen) atoms. The van der Waals surface area contributed by atoms with Gasteiger partial charge in [0.25, 0.3) is 0 Å². The second-order valence-corrected chi connectivity index (χ2v) is 15.7. The summed E-state index contributed by atoms with van der Waals surface area (Å²) in [7, 11) is 0. The molecule has 0 aliphatic heterocycles. The summed E-state index contributed by atoms with van der Waals surface area (Å²) in [6, 6.07) is 0.0762. The molecule has 0 unspecified atom stereocenters. The van der Waals surface area contributed by atoms with E-state index >= 15 is 13.2 Å². The first-order valence-electron chi connectivity index (χ1n) is 18.1. The number of ketones is 4. The van der Waals surface area contributed by atoms with Crippen LogP contribution in [-0.2, 0) is 12.4 Å². The summed E-state index contributed by atoms with van der Waals surface area (Å²) in [5.41, 5.74) is -12.3. The smallest absolute Gasteiger partial charge is 0.416 e. The molecule has 16 heteroatoms. The van der Waals surface area contributed by atoms with Crippen LogP contribution in [0.25, 0.3) is 0 Å². The van der Waals surface area contributed by atoms with Gasteiger partial charge in [-0.15, -0.1) is 0 Å². The van der Waals surface area contributed by atoms with Crippen molar-refractivity contribution in [3.63, 3.8) is 0 Å². The van der Waals surface area contributed by atoms with Crippen LogP contribution in [0, 0.1) is 23.7 Å².